The Morgan fingerprint density at radius 3 is 2.94 bits per heavy atom. The molecule has 1 aromatic rings. The van der Waals surface area contributed by atoms with Crippen LogP contribution in [0.2, 0.25) is 0 Å². The van der Waals surface area contributed by atoms with Gasteiger partial charge in [-0.2, -0.15) is 0 Å². The number of carbonyl (C=O) groups is 1. The summed E-state index contributed by atoms with van der Waals surface area (Å²) in [7, 11) is 0. The highest BCUT2D eigenvalue weighted by Gasteiger charge is 2.22. The molecule has 2 N–H and O–H groups in total. The Kier molecular flexibility index (Phi) is 4.02. The molecule has 0 aromatic carbocycles. The standard InChI is InChI=1S/C12H16N2O2S/c1-8(15)9-2-5-12(13-6-9)17-7-11(16)14-10-3-4-10/h2,5-6,8,10,15H,3-4,7H2,1H3,(H,14,16). The molecule has 0 spiro atoms. The molecule has 0 bridgehead atoms. The van der Waals surface area contributed by atoms with E-state index in [-0.39, 0.29) is 5.91 Å². The van der Waals surface area contributed by atoms with Gasteiger partial charge in [-0.3, -0.25) is 4.79 Å². The van der Waals surface area contributed by atoms with Gasteiger partial charge in [0.1, 0.15) is 0 Å². The molecule has 1 aromatic heterocycles. The van der Waals surface area contributed by atoms with E-state index in [4.69, 9.17) is 0 Å². The van der Waals surface area contributed by atoms with Gasteiger partial charge in [0.2, 0.25) is 5.91 Å². The molecule has 1 saturated carbocycles. The summed E-state index contributed by atoms with van der Waals surface area (Å²) in [5, 5.41) is 13.1. The zero-order chi connectivity index (χ0) is 12.3. The predicted octanol–water partition coefficient (Wildman–Crippen LogP) is 1.51. The van der Waals surface area contributed by atoms with E-state index in [9.17, 15) is 9.90 Å². The van der Waals surface area contributed by atoms with Crippen LogP contribution in [0, 0.1) is 0 Å². The van der Waals surface area contributed by atoms with E-state index >= 15 is 0 Å². The number of aliphatic hydroxyl groups is 1. The van der Waals surface area contributed by atoms with Crippen LogP contribution in [-0.2, 0) is 4.79 Å². The van der Waals surface area contributed by atoms with E-state index in [1.54, 1.807) is 13.1 Å². The molecule has 1 fully saturated rings. The van der Waals surface area contributed by atoms with Crippen LogP contribution >= 0.6 is 11.8 Å². The Morgan fingerprint density at radius 1 is 1.65 bits per heavy atom. The fraction of sp³-hybridized carbons (Fsp3) is 0.500. The van der Waals surface area contributed by atoms with Crippen molar-refractivity contribution in [3.8, 4) is 0 Å². The van der Waals surface area contributed by atoms with Gasteiger partial charge in [0.25, 0.3) is 0 Å². The second kappa shape index (κ2) is 5.51. The predicted molar refractivity (Wildman–Crippen MR) is 66.8 cm³/mol. The number of aromatic nitrogens is 1. The summed E-state index contributed by atoms with van der Waals surface area (Å²) in [6, 6.07) is 4.07. The number of amides is 1. The van der Waals surface area contributed by atoms with E-state index in [0.29, 0.717) is 11.8 Å². The zero-order valence-electron chi connectivity index (χ0n) is 9.72. The Labute approximate surface area is 105 Å². The Balaban J connectivity index is 1.79. The molecule has 2 rings (SSSR count). The molecule has 1 aliphatic rings. The van der Waals surface area contributed by atoms with Crippen molar-refractivity contribution in [2.75, 3.05) is 5.75 Å². The van der Waals surface area contributed by atoms with Crippen molar-refractivity contribution in [2.45, 2.75) is 36.9 Å². The van der Waals surface area contributed by atoms with Gasteiger partial charge in [-0.1, -0.05) is 17.8 Å². The summed E-state index contributed by atoms with van der Waals surface area (Å²) in [6.07, 6.45) is 3.36. The first-order chi connectivity index (χ1) is 8.15. The fourth-order valence-electron chi connectivity index (χ4n) is 1.36. The van der Waals surface area contributed by atoms with E-state index in [1.165, 1.54) is 11.8 Å². The smallest absolute Gasteiger partial charge is 0.230 e. The number of thioether (sulfide) groups is 1. The van der Waals surface area contributed by atoms with Crippen LogP contribution in [0.1, 0.15) is 31.4 Å². The lowest BCUT2D eigenvalue weighted by Gasteiger charge is -2.05. The number of rotatable bonds is 5. The number of nitrogens with one attached hydrogen (secondary N) is 1. The van der Waals surface area contributed by atoms with E-state index < -0.39 is 6.10 Å². The van der Waals surface area contributed by atoms with Crippen LogP contribution < -0.4 is 5.32 Å². The molecule has 0 radical (unpaired) electrons. The molecule has 5 heteroatoms. The van der Waals surface area contributed by atoms with Crippen LogP contribution in [0.5, 0.6) is 0 Å². The van der Waals surface area contributed by atoms with Crippen molar-refractivity contribution in [1.29, 1.82) is 0 Å². The first-order valence-corrected chi connectivity index (χ1v) is 6.70. The van der Waals surface area contributed by atoms with Crippen molar-refractivity contribution in [3.63, 3.8) is 0 Å². The van der Waals surface area contributed by atoms with E-state index in [2.05, 4.69) is 10.3 Å². The van der Waals surface area contributed by atoms with Crippen LogP contribution in [0.3, 0.4) is 0 Å². The van der Waals surface area contributed by atoms with Gasteiger partial charge in [-0.15, -0.1) is 0 Å². The minimum atomic E-state index is -0.500. The van der Waals surface area contributed by atoms with Crippen molar-refractivity contribution in [2.24, 2.45) is 0 Å². The highest BCUT2D eigenvalue weighted by atomic mass is 32.2. The van der Waals surface area contributed by atoms with Gasteiger partial charge in [0, 0.05) is 12.2 Å². The fourth-order valence-corrected chi connectivity index (χ4v) is 2.01. The van der Waals surface area contributed by atoms with Gasteiger partial charge >= 0.3 is 0 Å². The van der Waals surface area contributed by atoms with Crippen molar-refractivity contribution < 1.29 is 9.90 Å². The third-order valence-electron chi connectivity index (χ3n) is 2.54. The lowest BCUT2D eigenvalue weighted by atomic mass is 10.2. The van der Waals surface area contributed by atoms with Gasteiger partial charge in [0.05, 0.1) is 16.9 Å². The third-order valence-corrected chi connectivity index (χ3v) is 3.48. The maximum Gasteiger partial charge on any atom is 0.230 e. The molecule has 92 valence electrons. The zero-order valence-corrected chi connectivity index (χ0v) is 10.5. The van der Waals surface area contributed by atoms with Crippen LogP contribution in [0.25, 0.3) is 0 Å². The molecule has 17 heavy (non-hydrogen) atoms. The quantitative estimate of drug-likeness (QED) is 0.780. The lowest BCUT2D eigenvalue weighted by molar-refractivity contribution is -0.118. The van der Waals surface area contributed by atoms with Gasteiger partial charge in [0.15, 0.2) is 0 Å². The maximum absolute atomic E-state index is 11.4. The Hall–Kier alpha value is -1.07. The highest BCUT2D eigenvalue weighted by molar-refractivity contribution is 7.99. The average molecular weight is 252 g/mol. The number of hydrogen-bond donors (Lipinski definition) is 2. The van der Waals surface area contributed by atoms with Crippen molar-refractivity contribution >= 4 is 17.7 Å². The number of nitrogens with zero attached hydrogens (tertiary/aromatic N) is 1. The van der Waals surface area contributed by atoms with Gasteiger partial charge in [-0.25, -0.2) is 4.98 Å². The number of carbonyl (C=O) groups excluding carboxylic acids is 1. The van der Waals surface area contributed by atoms with Crippen molar-refractivity contribution in [1.82, 2.24) is 10.3 Å². The lowest BCUT2D eigenvalue weighted by Crippen LogP contribution is -2.27. The first-order valence-electron chi connectivity index (χ1n) is 5.71. The maximum atomic E-state index is 11.4. The monoisotopic (exact) mass is 252 g/mol. The van der Waals surface area contributed by atoms with E-state index in [0.717, 1.165) is 23.4 Å². The second-order valence-electron chi connectivity index (χ2n) is 4.24. The molecule has 1 amide bonds. The second-order valence-corrected chi connectivity index (χ2v) is 5.23. The van der Waals surface area contributed by atoms with E-state index in [1.807, 2.05) is 12.1 Å². The normalized spacial score (nSPS) is 16.6. The molecular weight excluding hydrogens is 236 g/mol. The van der Waals surface area contributed by atoms with Crippen LogP contribution in [0.15, 0.2) is 23.4 Å². The first kappa shape index (κ1) is 12.4. The molecule has 4 nitrogen and oxygen atoms in total. The third kappa shape index (κ3) is 4.02. The highest BCUT2D eigenvalue weighted by Crippen LogP contribution is 2.20. The Morgan fingerprint density at radius 2 is 2.41 bits per heavy atom. The summed E-state index contributed by atoms with van der Waals surface area (Å²) in [4.78, 5) is 15.6. The minimum Gasteiger partial charge on any atom is -0.389 e. The number of hydrogen-bond acceptors (Lipinski definition) is 4. The summed E-state index contributed by atoms with van der Waals surface area (Å²) in [5.41, 5.74) is 0.789. The molecule has 0 saturated heterocycles. The largest absolute Gasteiger partial charge is 0.389 e. The molecule has 1 atom stereocenters. The molecule has 1 unspecified atom stereocenters. The van der Waals surface area contributed by atoms with Crippen LogP contribution in [0.4, 0.5) is 0 Å². The number of pyridine rings is 1. The summed E-state index contributed by atoms with van der Waals surface area (Å²) in [5.74, 6) is 0.469. The molecule has 0 aliphatic heterocycles. The summed E-state index contributed by atoms with van der Waals surface area (Å²) < 4.78 is 0. The summed E-state index contributed by atoms with van der Waals surface area (Å²) >= 11 is 1.41. The molecule has 1 heterocycles. The van der Waals surface area contributed by atoms with Gasteiger partial charge < -0.3 is 10.4 Å². The topological polar surface area (TPSA) is 62.2 Å². The minimum absolute atomic E-state index is 0.0684. The van der Waals surface area contributed by atoms with Crippen LogP contribution in [-0.4, -0.2) is 27.8 Å². The SMILES string of the molecule is CC(O)c1ccc(SCC(=O)NC2CC2)nc1. The number of aliphatic hydroxyl groups excluding tert-OH is 1. The average Bonchev–Trinajstić information content (AvgIpc) is 3.11. The van der Waals surface area contributed by atoms with Crippen molar-refractivity contribution in [3.05, 3.63) is 23.9 Å². The molecular formula is C12H16N2O2S. The van der Waals surface area contributed by atoms with Gasteiger partial charge in [-0.05, 0) is 31.4 Å². The Bertz CT molecular complexity index is 388. The summed E-state index contributed by atoms with van der Waals surface area (Å²) in [6.45, 7) is 1.70. The molecule has 1 aliphatic carbocycles.